The van der Waals surface area contributed by atoms with E-state index in [0.717, 1.165) is 16.9 Å². The van der Waals surface area contributed by atoms with Crippen molar-refractivity contribution in [2.24, 2.45) is 5.10 Å². The number of rotatable bonds is 2. The first-order valence-electron chi connectivity index (χ1n) is 3.39. The first-order valence-corrected chi connectivity index (χ1v) is 3.39. The molecule has 0 saturated heterocycles. The number of aromatic nitrogens is 1. The molecular weight excluding hydrogens is 138 g/mol. The Morgan fingerprint density at radius 3 is 2.82 bits per heavy atom. The van der Waals surface area contributed by atoms with Gasteiger partial charge in [0.15, 0.2) is 0 Å². The van der Waals surface area contributed by atoms with Crippen LogP contribution >= 0.6 is 0 Å². The van der Waals surface area contributed by atoms with E-state index >= 15 is 0 Å². The lowest BCUT2D eigenvalue weighted by Gasteiger charge is -2.03. The van der Waals surface area contributed by atoms with Crippen molar-refractivity contribution >= 4 is 12.4 Å². The second-order valence-corrected chi connectivity index (χ2v) is 2.41. The monoisotopic (exact) mass is 149 g/mol. The fourth-order valence-corrected chi connectivity index (χ4v) is 0.899. The number of nitrogens with zero attached hydrogens (tertiary/aromatic N) is 2. The van der Waals surface area contributed by atoms with Crippen LogP contribution in [0.25, 0.3) is 0 Å². The van der Waals surface area contributed by atoms with Crippen molar-refractivity contribution < 1.29 is 0 Å². The van der Waals surface area contributed by atoms with Gasteiger partial charge in [-0.05, 0) is 25.5 Å². The highest BCUT2D eigenvalue weighted by atomic mass is 15.3. The number of hydrogen-bond donors (Lipinski definition) is 1. The Labute approximate surface area is 66.2 Å². The summed E-state index contributed by atoms with van der Waals surface area (Å²) in [6.45, 7) is 7.29. The smallest absolute Gasteiger partial charge is 0.0774 e. The summed E-state index contributed by atoms with van der Waals surface area (Å²) in [4.78, 5) is 4.11. The van der Waals surface area contributed by atoms with Gasteiger partial charge in [0, 0.05) is 12.4 Å². The molecule has 0 spiro atoms. The van der Waals surface area contributed by atoms with Gasteiger partial charge in [-0.2, -0.15) is 5.10 Å². The zero-order chi connectivity index (χ0) is 8.27. The van der Waals surface area contributed by atoms with E-state index in [1.54, 1.807) is 6.20 Å². The number of anilines is 1. The van der Waals surface area contributed by atoms with E-state index in [4.69, 9.17) is 0 Å². The molecule has 0 aliphatic heterocycles. The summed E-state index contributed by atoms with van der Waals surface area (Å²) in [5, 5.41) is 3.56. The van der Waals surface area contributed by atoms with Gasteiger partial charge in [0.1, 0.15) is 0 Å². The van der Waals surface area contributed by atoms with Crippen LogP contribution in [0.5, 0.6) is 0 Å². The van der Waals surface area contributed by atoms with Crippen molar-refractivity contribution in [1.82, 2.24) is 4.98 Å². The van der Waals surface area contributed by atoms with Crippen molar-refractivity contribution in [2.45, 2.75) is 13.8 Å². The average Bonchev–Trinajstić information content (AvgIpc) is 1.95. The maximum Gasteiger partial charge on any atom is 0.0774 e. The Morgan fingerprint density at radius 2 is 2.27 bits per heavy atom. The highest BCUT2D eigenvalue weighted by Gasteiger charge is 1.95. The van der Waals surface area contributed by atoms with Gasteiger partial charge >= 0.3 is 0 Å². The molecule has 1 aromatic rings. The summed E-state index contributed by atoms with van der Waals surface area (Å²) in [6, 6.07) is 1.99. The van der Waals surface area contributed by atoms with Crippen LogP contribution in [-0.4, -0.2) is 11.7 Å². The van der Waals surface area contributed by atoms with Gasteiger partial charge in [-0.25, -0.2) is 0 Å². The molecule has 0 aromatic carbocycles. The molecule has 1 heterocycles. The van der Waals surface area contributed by atoms with Crippen LogP contribution < -0.4 is 5.43 Å². The van der Waals surface area contributed by atoms with Crippen molar-refractivity contribution in [1.29, 1.82) is 0 Å². The molecule has 0 unspecified atom stereocenters. The van der Waals surface area contributed by atoms with Crippen molar-refractivity contribution in [3.8, 4) is 0 Å². The lowest BCUT2D eigenvalue weighted by Crippen LogP contribution is -1.92. The van der Waals surface area contributed by atoms with Gasteiger partial charge < -0.3 is 0 Å². The molecule has 0 fully saturated rings. The molecular formula is C8H11N3. The maximum absolute atomic E-state index is 4.11. The molecule has 0 aliphatic carbocycles. The van der Waals surface area contributed by atoms with Gasteiger partial charge in [0.25, 0.3) is 0 Å². The van der Waals surface area contributed by atoms with Gasteiger partial charge in [-0.1, -0.05) is 0 Å². The minimum absolute atomic E-state index is 0.908. The summed E-state index contributed by atoms with van der Waals surface area (Å²) >= 11 is 0. The van der Waals surface area contributed by atoms with Crippen LogP contribution in [0.1, 0.15) is 11.3 Å². The van der Waals surface area contributed by atoms with Crippen LogP contribution in [0.3, 0.4) is 0 Å². The summed E-state index contributed by atoms with van der Waals surface area (Å²) in [5.41, 5.74) is 5.80. The minimum Gasteiger partial charge on any atom is -0.277 e. The number of hydrazone groups is 1. The van der Waals surface area contributed by atoms with E-state index < -0.39 is 0 Å². The third-order valence-electron chi connectivity index (χ3n) is 1.45. The topological polar surface area (TPSA) is 37.3 Å². The zero-order valence-corrected chi connectivity index (χ0v) is 6.76. The fourth-order valence-electron chi connectivity index (χ4n) is 0.899. The third-order valence-corrected chi connectivity index (χ3v) is 1.45. The summed E-state index contributed by atoms with van der Waals surface area (Å²) in [7, 11) is 0. The van der Waals surface area contributed by atoms with Gasteiger partial charge in [-0.15, -0.1) is 0 Å². The standard InChI is InChI=1S/C8H11N3/c1-6-4-7(2)10-5-8(6)11-9-3/h4-5,11H,3H2,1-2H3. The van der Waals surface area contributed by atoms with E-state index in [9.17, 15) is 0 Å². The highest BCUT2D eigenvalue weighted by molar-refractivity contribution is 5.49. The Bertz CT molecular complexity index is 268. The lowest BCUT2D eigenvalue weighted by atomic mass is 10.2. The van der Waals surface area contributed by atoms with Crippen LogP contribution in [-0.2, 0) is 0 Å². The molecule has 0 bridgehead atoms. The summed E-state index contributed by atoms with van der Waals surface area (Å²) < 4.78 is 0. The second kappa shape index (κ2) is 3.14. The molecule has 0 amide bonds. The number of nitrogens with one attached hydrogen (secondary N) is 1. The molecule has 11 heavy (non-hydrogen) atoms. The van der Waals surface area contributed by atoms with E-state index in [1.807, 2.05) is 19.9 Å². The summed E-state index contributed by atoms with van der Waals surface area (Å²) in [6.07, 6.45) is 1.75. The average molecular weight is 149 g/mol. The highest BCUT2D eigenvalue weighted by Crippen LogP contribution is 2.12. The quantitative estimate of drug-likeness (QED) is 0.513. The van der Waals surface area contributed by atoms with Crippen LogP contribution in [0, 0.1) is 13.8 Å². The maximum atomic E-state index is 4.11. The SMILES string of the molecule is C=NNc1cnc(C)cc1C. The van der Waals surface area contributed by atoms with Gasteiger partial charge in [0.2, 0.25) is 0 Å². The van der Waals surface area contributed by atoms with E-state index in [0.29, 0.717) is 0 Å². The number of pyridine rings is 1. The number of aryl methyl sites for hydroxylation is 2. The van der Waals surface area contributed by atoms with Crippen LogP contribution in [0.4, 0.5) is 5.69 Å². The fraction of sp³-hybridized carbons (Fsp3) is 0.250. The van der Waals surface area contributed by atoms with E-state index in [1.165, 1.54) is 0 Å². The first-order chi connectivity index (χ1) is 5.24. The third kappa shape index (κ3) is 1.77. The molecule has 1 rings (SSSR count). The van der Waals surface area contributed by atoms with Crippen molar-refractivity contribution in [3.05, 3.63) is 23.5 Å². The van der Waals surface area contributed by atoms with Crippen LogP contribution in [0.2, 0.25) is 0 Å². The van der Waals surface area contributed by atoms with Gasteiger partial charge in [-0.3, -0.25) is 10.4 Å². The molecule has 0 saturated carbocycles. The molecule has 1 aromatic heterocycles. The summed E-state index contributed by atoms with van der Waals surface area (Å²) in [5.74, 6) is 0. The second-order valence-electron chi connectivity index (χ2n) is 2.41. The molecule has 0 atom stereocenters. The molecule has 58 valence electrons. The van der Waals surface area contributed by atoms with Crippen LogP contribution in [0.15, 0.2) is 17.4 Å². The zero-order valence-electron chi connectivity index (χ0n) is 6.76. The molecule has 3 nitrogen and oxygen atoms in total. The number of hydrogen-bond acceptors (Lipinski definition) is 3. The Balaban J connectivity index is 2.98. The minimum atomic E-state index is 0.908. The molecule has 1 N–H and O–H groups in total. The largest absolute Gasteiger partial charge is 0.277 e. The van der Waals surface area contributed by atoms with E-state index in [-0.39, 0.29) is 0 Å². The predicted octanol–water partition coefficient (Wildman–Crippen LogP) is 1.73. The Hall–Kier alpha value is -1.38. The Morgan fingerprint density at radius 1 is 1.55 bits per heavy atom. The van der Waals surface area contributed by atoms with E-state index in [2.05, 4.69) is 22.2 Å². The normalized spacial score (nSPS) is 9.27. The first kappa shape index (κ1) is 7.72. The predicted molar refractivity (Wildman–Crippen MR) is 46.9 cm³/mol. The van der Waals surface area contributed by atoms with Crippen molar-refractivity contribution in [2.75, 3.05) is 5.43 Å². The van der Waals surface area contributed by atoms with Crippen molar-refractivity contribution in [3.63, 3.8) is 0 Å². The molecule has 0 aliphatic rings. The van der Waals surface area contributed by atoms with Gasteiger partial charge in [0.05, 0.1) is 11.9 Å². The molecule has 3 heteroatoms. The molecule has 0 radical (unpaired) electrons. The lowest BCUT2D eigenvalue weighted by molar-refractivity contribution is 1.16. The Kier molecular flexibility index (Phi) is 2.21.